The van der Waals surface area contributed by atoms with Gasteiger partial charge in [0.05, 0.1) is 13.6 Å². The molecule has 0 spiro atoms. The average Bonchev–Trinajstić information content (AvgIpc) is 3.13. The third-order valence-electron chi connectivity index (χ3n) is 8.21. The van der Waals surface area contributed by atoms with Crippen molar-refractivity contribution < 1.29 is 19.3 Å². The van der Waals surface area contributed by atoms with Crippen LogP contribution in [-0.2, 0) is 23.2 Å². The van der Waals surface area contributed by atoms with Gasteiger partial charge >= 0.3 is 5.65 Å². The number of Topliss-reactive ketones (excluding diaryl/α,β-unsaturated/α-hetero) is 1. The van der Waals surface area contributed by atoms with E-state index in [1.165, 1.54) is 23.9 Å². The summed E-state index contributed by atoms with van der Waals surface area (Å²) < 4.78 is 4.11. The lowest BCUT2D eigenvalue weighted by Crippen LogP contribution is -2.41. The molecule has 1 fully saturated rings. The summed E-state index contributed by atoms with van der Waals surface area (Å²) in [5.41, 5.74) is 12.0. The number of carbonyl (C=O) groups excluding carboxylic acids is 2. The van der Waals surface area contributed by atoms with Crippen LogP contribution in [0.15, 0.2) is 35.4 Å². The Kier molecular flexibility index (Phi) is 7.89. The van der Waals surface area contributed by atoms with Crippen molar-refractivity contribution in [3.63, 3.8) is 0 Å². The van der Waals surface area contributed by atoms with E-state index in [1.54, 1.807) is 0 Å². The predicted molar refractivity (Wildman–Crippen MR) is 129 cm³/mol. The van der Waals surface area contributed by atoms with Crippen molar-refractivity contribution in [2.45, 2.75) is 72.8 Å². The number of ketones is 1. The summed E-state index contributed by atoms with van der Waals surface area (Å²) in [4.78, 5) is 29.0. The van der Waals surface area contributed by atoms with Gasteiger partial charge in [-0.2, -0.15) is 4.98 Å². The van der Waals surface area contributed by atoms with E-state index in [0.29, 0.717) is 23.4 Å². The number of aromatic nitrogens is 4. The molecule has 0 bridgehead atoms. The van der Waals surface area contributed by atoms with Gasteiger partial charge in [-0.3, -0.25) is 9.36 Å². The number of imidazole rings is 1. The Balaban J connectivity index is 0.00000103. The molecule has 2 aliphatic rings. The monoisotopic (exact) mass is 467 g/mol. The smallest absolute Gasteiger partial charge is 0.307 e. The SMILES string of the molecule is CC1=C2CC[C@H](C)[C@@](C)(CC/C(C)=C/Cn3c[n+](C)c4ncnc(N)c43)[C@@H]2CCC1=O.O=C[O-]. The topological polar surface area (TPSA) is 118 Å². The minimum atomic E-state index is -0.500. The van der Waals surface area contributed by atoms with Crippen LogP contribution in [0.3, 0.4) is 0 Å². The molecule has 34 heavy (non-hydrogen) atoms. The second kappa shape index (κ2) is 10.5. The number of anilines is 1. The van der Waals surface area contributed by atoms with Gasteiger partial charge in [0.25, 0.3) is 0 Å². The van der Waals surface area contributed by atoms with Crippen molar-refractivity contribution in [3.05, 3.63) is 35.4 Å². The number of nitrogens with two attached hydrogens (primary N) is 1. The second-order valence-electron chi connectivity index (χ2n) is 10.1. The fourth-order valence-corrected chi connectivity index (χ4v) is 5.83. The molecule has 0 aromatic carbocycles. The second-order valence-corrected chi connectivity index (χ2v) is 10.1. The van der Waals surface area contributed by atoms with Crippen LogP contribution in [0.25, 0.3) is 11.2 Å². The summed E-state index contributed by atoms with van der Waals surface area (Å²) in [6.07, 6.45) is 12.1. The summed E-state index contributed by atoms with van der Waals surface area (Å²) in [7, 11) is 1.98. The van der Waals surface area contributed by atoms with Crippen LogP contribution in [0.5, 0.6) is 0 Å². The van der Waals surface area contributed by atoms with E-state index in [-0.39, 0.29) is 5.41 Å². The van der Waals surface area contributed by atoms with Crippen molar-refractivity contribution in [3.8, 4) is 0 Å². The molecule has 0 unspecified atom stereocenters. The van der Waals surface area contributed by atoms with Crippen molar-refractivity contribution >= 4 is 29.2 Å². The van der Waals surface area contributed by atoms with Gasteiger partial charge in [0.2, 0.25) is 5.52 Å². The van der Waals surface area contributed by atoms with E-state index in [2.05, 4.69) is 48.3 Å². The quantitative estimate of drug-likeness (QED) is 0.410. The van der Waals surface area contributed by atoms with Crippen LogP contribution in [-0.4, -0.2) is 26.8 Å². The number of aryl methyl sites for hydroxylation is 1. The molecule has 0 aliphatic heterocycles. The van der Waals surface area contributed by atoms with Gasteiger partial charge in [-0.25, -0.2) is 4.57 Å². The number of fused-ring (bicyclic) bond motifs is 2. The van der Waals surface area contributed by atoms with Crippen LogP contribution >= 0.6 is 0 Å². The summed E-state index contributed by atoms with van der Waals surface area (Å²) >= 11 is 0. The van der Waals surface area contributed by atoms with E-state index in [0.717, 1.165) is 55.4 Å². The summed E-state index contributed by atoms with van der Waals surface area (Å²) in [5.74, 6) is 2.13. The number of hydrogen-bond acceptors (Lipinski definition) is 6. The van der Waals surface area contributed by atoms with Gasteiger partial charge in [0.1, 0.15) is 0 Å². The third-order valence-corrected chi connectivity index (χ3v) is 8.21. The van der Waals surface area contributed by atoms with E-state index in [4.69, 9.17) is 15.6 Å². The molecule has 2 aliphatic carbocycles. The van der Waals surface area contributed by atoms with Crippen molar-refractivity contribution in [2.24, 2.45) is 24.3 Å². The molecule has 0 saturated heterocycles. The zero-order valence-electron chi connectivity index (χ0n) is 21.0. The number of nitrogen functional groups attached to an aromatic ring is 1. The zero-order valence-corrected chi connectivity index (χ0v) is 21.0. The van der Waals surface area contributed by atoms with Gasteiger partial charge in [-0.1, -0.05) is 36.1 Å². The van der Waals surface area contributed by atoms with Crippen LogP contribution in [0.4, 0.5) is 5.82 Å². The highest BCUT2D eigenvalue weighted by Crippen LogP contribution is 2.54. The molecule has 0 radical (unpaired) electrons. The van der Waals surface area contributed by atoms with Gasteiger partial charge < -0.3 is 15.6 Å². The fraction of sp³-hybridized carbons (Fsp3) is 0.577. The van der Waals surface area contributed by atoms with Crippen LogP contribution in [0.1, 0.15) is 66.2 Å². The molecule has 2 heterocycles. The van der Waals surface area contributed by atoms with Gasteiger partial charge in [-0.15, -0.1) is 0 Å². The van der Waals surface area contributed by atoms with Crippen molar-refractivity contribution in [1.82, 2.24) is 14.5 Å². The summed E-state index contributed by atoms with van der Waals surface area (Å²) in [6, 6.07) is 0. The highest BCUT2D eigenvalue weighted by Gasteiger charge is 2.45. The maximum Gasteiger partial charge on any atom is 0.307 e. The first-order valence-corrected chi connectivity index (χ1v) is 12.0. The number of carbonyl (C=O) groups is 2. The van der Waals surface area contributed by atoms with Crippen LogP contribution in [0.2, 0.25) is 0 Å². The first-order chi connectivity index (χ1) is 16.1. The number of allylic oxidation sites excluding steroid dienone is 4. The first-order valence-electron chi connectivity index (χ1n) is 12.0. The Hall–Kier alpha value is -3.03. The number of hydrogen-bond donors (Lipinski definition) is 1. The van der Waals surface area contributed by atoms with Crippen molar-refractivity contribution in [1.29, 1.82) is 0 Å². The number of carboxylic acid groups (broad SMARTS) is 1. The standard InChI is InChI=1S/C25H36N5O.CH2O2/c1-16(11-13-30-15-29(5)24-22(30)23(26)27-14-28-24)10-12-25(4)17(2)6-7-19-18(3)21(31)9-8-20(19)25;2-1-3/h11,14-15,17,20H,6-10,12-13H2,1-5H3,(H2,26,27,28);1H,(H,2,3)/q+1;/p-1/b16-11+;/t17-,20+,25+;/m0./s1. The van der Waals surface area contributed by atoms with E-state index in [1.807, 2.05) is 17.9 Å². The van der Waals surface area contributed by atoms with Gasteiger partial charge in [-0.05, 0) is 68.8 Å². The molecule has 2 N–H and O–H groups in total. The Labute approximate surface area is 201 Å². The summed E-state index contributed by atoms with van der Waals surface area (Å²) in [6.45, 7) is 9.43. The largest absolute Gasteiger partial charge is 0.554 e. The lowest BCUT2D eigenvalue weighted by atomic mass is 9.54. The highest BCUT2D eigenvalue weighted by atomic mass is 16.3. The minimum Gasteiger partial charge on any atom is -0.554 e. The molecule has 0 amide bonds. The molecule has 1 saturated carbocycles. The zero-order chi connectivity index (χ0) is 25.0. The molecule has 8 heteroatoms. The maximum absolute atomic E-state index is 12.3. The molecule has 4 rings (SSSR count). The van der Waals surface area contributed by atoms with E-state index in [9.17, 15) is 4.79 Å². The third kappa shape index (κ3) is 4.91. The average molecular weight is 468 g/mol. The van der Waals surface area contributed by atoms with E-state index >= 15 is 0 Å². The molecule has 2 aromatic heterocycles. The Bertz CT molecular complexity index is 1130. The molecular formula is C26H37N5O3. The normalized spacial score (nSPS) is 25.1. The van der Waals surface area contributed by atoms with Crippen molar-refractivity contribution in [2.75, 3.05) is 5.73 Å². The van der Waals surface area contributed by atoms with Crippen LogP contribution < -0.4 is 15.4 Å². The highest BCUT2D eigenvalue weighted by molar-refractivity contribution is 5.96. The Morgan fingerprint density at radius 3 is 2.76 bits per heavy atom. The Morgan fingerprint density at radius 2 is 2.06 bits per heavy atom. The molecule has 8 nitrogen and oxygen atoms in total. The molecule has 3 atom stereocenters. The lowest BCUT2D eigenvalue weighted by molar-refractivity contribution is -0.647. The fourth-order valence-electron chi connectivity index (χ4n) is 5.83. The Morgan fingerprint density at radius 1 is 1.35 bits per heavy atom. The predicted octanol–water partition coefficient (Wildman–Crippen LogP) is 2.66. The van der Waals surface area contributed by atoms with Gasteiger partial charge in [0.15, 0.2) is 24.3 Å². The number of nitrogens with zero attached hydrogens (tertiary/aromatic N) is 4. The molecule has 2 aromatic rings. The number of rotatable bonds is 5. The van der Waals surface area contributed by atoms with Gasteiger partial charge in [0, 0.05) is 12.9 Å². The maximum atomic E-state index is 12.3. The van der Waals surface area contributed by atoms with E-state index < -0.39 is 6.47 Å². The minimum absolute atomic E-state index is 0.259. The molecule has 184 valence electrons. The summed E-state index contributed by atoms with van der Waals surface area (Å²) in [5, 5.41) is 8.25. The lowest BCUT2D eigenvalue weighted by Gasteiger charge is -2.50. The first kappa shape index (κ1) is 25.6. The molecular weight excluding hydrogens is 430 g/mol. The van der Waals surface area contributed by atoms with Crippen LogP contribution in [0, 0.1) is 17.3 Å².